The van der Waals surface area contributed by atoms with E-state index in [-0.39, 0.29) is 17.6 Å². The van der Waals surface area contributed by atoms with Crippen LogP contribution in [-0.4, -0.2) is 41.2 Å². The van der Waals surface area contributed by atoms with Gasteiger partial charge in [-0.3, -0.25) is 0 Å². The van der Waals surface area contributed by atoms with Crippen LogP contribution in [0.4, 0.5) is 0 Å². The first kappa shape index (κ1) is 13.4. The summed E-state index contributed by atoms with van der Waals surface area (Å²) >= 11 is 3.36. The first-order chi connectivity index (χ1) is 7.59. The number of esters is 2. The van der Waals surface area contributed by atoms with Crippen LogP contribution in [-0.2, 0) is 19.1 Å². The molecule has 0 aromatic carbocycles. The van der Waals surface area contributed by atoms with Crippen LogP contribution in [0.15, 0.2) is 12.2 Å². The Morgan fingerprint density at radius 3 is 2.75 bits per heavy atom. The monoisotopic (exact) mass is 262 g/mol. The molecule has 0 spiro atoms. The highest BCUT2D eigenvalue weighted by Crippen LogP contribution is 2.24. The average molecular weight is 262 g/mol. The summed E-state index contributed by atoms with van der Waals surface area (Å²) in [5.74, 6) is 1.79. The van der Waals surface area contributed by atoms with Crippen LogP contribution in [0.1, 0.15) is 6.92 Å². The first-order valence-corrected chi connectivity index (χ1v) is 7.01. The number of carbonyl (C=O) groups is 2. The van der Waals surface area contributed by atoms with Crippen LogP contribution < -0.4 is 0 Å². The smallest absolute Gasteiger partial charge is 0.345 e. The van der Waals surface area contributed by atoms with Crippen molar-refractivity contribution >= 4 is 35.5 Å². The number of ether oxygens (including phenoxy) is 2. The molecular weight excluding hydrogens is 248 g/mol. The Morgan fingerprint density at radius 1 is 1.44 bits per heavy atom. The van der Waals surface area contributed by atoms with E-state index in [0.29, 0.717) is 0 Å². The first-order valence-electron chi connectivity index (χ1n) is 4.81. The standard InChI is InChI=1S/C10H14O4S2/c1-7(2)10(12)13-5-8(11)14-9-6-15-3-4-16-9/h9H,1,3-6H2,2H3. The largest absolute Gasteiger partial charge is 0.450 e. The summed E-state index contributed by atoms with van der Waals surface area (Å²) in [6.07, 6.45) is 0. The number of hydrogen-bond donors (Lipinski definition) is 0. The van der Waals surface area contributed by atoms with Gasteiger partial charge in [0, 0.05) is 22.8 Å². The lowest BCUT2D eigenvalue weighted by atomic mass is 10.4. The van der Waals surface area contributed by atoms with Crippen molar-refractivity contribution in [2.24, 2.45) is 0 Å². The van der Waals surface area contributed by atoms with Gasteiger partial charge in [0.25, 0.3) is 0 Å². The maximum Gasteiger partial charge on any atom is 0.345 e. The highest BCUT2D eigenvalue weighted by Gasteiger charge is 2.19. The number of rotatable bonds is 4. The molecule has 16 heavy (non-hydrogen) atoms. The molecule has 1 unspecified atom stereocenters. The van der Waals surface area contributed by atoms with Crippen LogP contribution in [0.5, 0.6) is 0 Å². The second-order valence-corrected chi connectivity index (χ2v) is 5.64. The molecule has 1 atom stereocenters. The lowest BCUT2D eigenvalue weighted by molar-refractivity contribution is -0.157. The fourth-order valence-corrected chi connectivity index (χ4v) is 3.36. The SMILES string of the molecule is C=C(C)C(=O)OCC(=O)OC1CSCCS1. The lowest BCUT2D eigenvalue weighted by Crippen LogP contribution is -2.25. The fraction of sp³-hybridized carbons (Fsp3) is 0.600. The molecule has 1 saturated heterocycles. The summed E-state index contributed by atoms with van der Waals surface area (Å²) in [5.41, 5.74) is 0.158. The van der Waals surface area contributed by atoms with Gasteiger partial charge >= 0.3 is 11.9 Å². The highest BCUT2D eigenvalue weighted by atomic mass is 32.2. The van der Waals surface area contributed by atoms with E-state index in [1.807, 2.05) is 0 Å². The summed E-state index contributed by atoms with van der Waals surface area (Å²) in [4.78, 5) is 22.3. The van der Waals surface area contributed by atoms with Gasteiger partial charge in [-0.15, -0.1) is 11.8 Å². The van der Waals surface area contributed by atoms with E-state index >= 15 is 0 Å². The van der Waals surface area contributed by atoms with Crippen LogP contribution in [0.25, 0.3) is 0 Å². The zero-order valence-corrected chi connectivity index (χ0v) is 10.7. The third kappa shape index (κ3) is 4.94. The Morgan fingerprint density at radius 2 is 2.19 bits per heavy atom. The van der Waals surface area contributed by atoms with Gasteiger partial charge < -0.3 is 9.47 Å². The van der Waals surface area contributed by atoms with Gasteiger partial charge in [-0.25, -0.2) is 9.59 Å². The van der Waals surface area contributed by atoms with Crippen LogP contribution in [0, 0.1) is 0 Å². The average Bonchev–Trinajstić information content (AvgIpc) is 2.27. The molecule has 0 radical (unpaired) electrons. The number of thioether (sulfide) groups is 2. The Kier molecular flexibility index (Phi) is 5.76. The molecule has 0 aromatic rings. The third-order valence-electron chi connectivity index (χ3n) is 1.72. The number of hydrogen-bond acceptors (Lipinski definition) is 6. The van der Waals surface area contributed by atoms with Crippen molar-refractivity contribution in [3.8, 4) is 0 Å². The van der Waals surface area contributed by atoms with E-state index in [2.05, 4.69) is 11.3 Å². The van der Waals surface area contributed by atoms with E-state index in [0.717, 1.165) is 17.3 Å². The molecule has 90 valence electrons. The van der Waals surface area contributed by atoms with Crippen molar-refractivity contribution in [1.82, 2.24) is 0 Å². The molecule has 6 heteroatoms. The fourth-order valence-electron chi connectivity index (χ4n) is 0.962. The van der Waals surface area contributed by atoms with E-state index in [1.165, 1.54) is 6.92 Å². The molecule has 0 bridgehead atoms. The second-order valence-electron chi connectivity index (χ2n) is 3.22. The van der Waals surface area contributed by atoms with Crippen molar-refractivity contribution in [2.45, 2.75) is 12.4 Å². The zero-order chi connectivity index (χ0) is 12.0. The van der Waals surface area contributed by atoms with Crippen LogP contribution in [0.2, 0.25) is 0 Å². The predicted octanol–water partition coefficient (Wildman–Crippen LogP) is 1.45. The maximum absolute atomic E-state index is 11.3. The van der Waals surface area contributed by atoms with Gasteiger partial charge in [0.2, 0.25) is 0 Å². The zero-order valence-electron chi connectivity index (χ0n) is 9.06. The van der Waals surface area contributed by atoms with Gasteiger partial charge in [0.05, 0.1) is 0 Å². The minimum Gasteiger partial charge on any atom is -0.450 e. The quantitative estimate of drug-likeness (QED) is 0.564. The third-order valence-corrected chi connectivity index (χ3v) is 4.29. The van der Waals surface area contributed by atoms with E-state index in [1.54, 1.807) is 23.5 Å². The lowest BCUT2D eigenvalue weighted by Gasteiger charge is -2.20. The maximum atomic E-state index is 11.3. The normalized spacial score (nSPS) is 19.9. The second kappa shape index (κ2) is 6.85. The summed E-state index contributed by atoms with van der Waals surface area (Å²) in [7, 11) is 0. The predicted molar refractivity (Wildman–Crippen MR) is 65.4 cm³/mol. The van der Waals surface area contributed by atoms with Crippen molar-refractivity contribution in [1.29, 1.82) is 0 Å². The van der Waals surface area contributed by atoms with Crippen molar-refractivity contribution in [3.63, 3.8) is 0 Å². The molecule has 4 nitrogen and oxygen atoms in total. The van der Waals surface area contributed by atoms with Gasteiger partial charge in [0.1, 0.15) is 0 Å². The van der Waals surface area contributed by atoms with Crippen molar-refractivity contribution < 1.29 is 19.1 Å². The molecule has 0 saturated carbocycles. The minimum absolute atomic E-state index is 0.116. The summed E-state index contributed by atoms with van der Waals surface area (Å²) in [5, 5.41) is 0. The van der Waals surface area contributed by atoms with E-state index in [4.69, 9.17) is 4.74 Å². The molecule has 1 heterocycles. The topological polar surface area (TPSA) is 52.6 Å². The molecule has 0 aliphatic carbocycles. The minimum atomic E-state index is -0.567. The van der Waals surface area contributed by atoms with Gasteiger partial charge in [-0.1, -0.05) is 6.58 Å². The van der Waals surface area contributed by atoms with Crippen molar-refractivity contribution in [3.05, 3.63) is 12.2 Å². The van der Waals surface area contributed by atoms with Gasteiger partial charge in [0.15, 0.2) is 12.0 Å². The Bertz CT molecular complexity index is 285. The molecule has 1 fully saturated rings. The molecule has 1 aliphatic heterocycles. The van der Waals surface area contributed by atoms with Crippen molar-refractivity contribution in [2.75, 3.05) is 23.9 Å². The summed E-state index contributed by atoms with van der Waals surface area (Å²) < 4.78 is 9.80. The van der Waals surface area contributed by atoms with Gasteiger partial charge in [-0.05, 0) is 6.92 Å². The Hall–Kier alpha value is -0.620. The molecule has 0 amide bonds. The van der Waals surface area contributed by atoms with E-state index < -0.39 is 11.9 Å². The molecule has 0 N–H and O–H groups in total. The highest BCUT2D eigenvalue weighted by molar-refractivity contribution is 8.06. The van der Waals surface area contributed by atoms with Crippen LogP contribution >= 0.6 is 23.5 Å². The van der Waals surface area contributed by atoms with Crippen LogP contribution in [0.3, 0.4) is 0 Å². The van der Waals surface area contributed by atoms with E-state index in [9.17, 15) is 9.59 Å². The molecule has 0 aromatic heterocycles. The molecule has 1 aliphatic rings. The molecular formula is C10H14O4S2. The Labute approximate surface area is 103 Å². The number of carbonyl (C=O) groups excluding carboxylic acids is 2. The summed E-state index contributed by atoms with van der Waals surface area (Å²) in [6.45, 7) is 4.60. The molecule has 1 rings (SSSR count). The summed E-state index contributed by atoms with van der Waals surface area (Å²) in [6, 6.07) is 0. The Balaban J connectivity index is 2.19. The van der Waals surface area contributed by atoms with Gasteiger partial charge in [-0.2, -0.15) is 11.8 Å².